The van der Waals surface area contributed by atoms with E-state index in [4.69, 9.17) is 9.47 Å². The number of carbonyl (C=O) groups is 3. The van der Waals surface area contributed by atoms with Crippen molar-refractivity contribution in [3.63, 3.8) is 0 Å². The zero-order valence-electron chi connectivity index (χ0n) is 19.9. The maximum absolute atomic E-state index is 12.5. The second kappa shape index (κ2) is 13.9. The minimum absolute atomic E-state index is 0.0500. The summed E-state index contributed by atoms with van der Waals surface area (Å²) in [5.41, 5.74) is 1.17. The normalized spacial score (nSPS) is 11.6. The molecular weight excluding hydrogens is 462 g/mol. The van der Waals surface area contributed by atoms with Crippen LogP contribution >= 0.6 is 0 Å². The first-order chi connectivity index (χ1) is 16.7. The molecule has 2 amide bonds. The van der Waals surface area contributed by atoms with Crippen molar-refractivity contribution in [2.75, 3.05) is 19.8 Å². The van der Waals surface area contributed by atoms with E-state index in [0.717, 1.165) is 5.56 Å². The molecule has 0 saturated heterocycles. The molecule has 0 aliphatic rings. The molecule has 8 nitrogen and oxygen atoms in total. The molecule has 0 radical (unpaired) electrons. The number of halogens is 2. The Morgan fingerprint density at radius 1 is 0.943 bits per heavy atom. The second-order valence-electron chi connectivity index (χ2n) is 7.88. The SMILES string of the molecule is CCOc1ccc(C(=O)N[C@H](C(=O)OCC(=O)NCCc2ccc(OC(F)F)cc2)C(C)C)cc1. The molecule has 0 aliphatic heterocycles. The van der Waals surface area contributed by atoms with Crippen LogP contribution in [0.4, 0.5) is 8.78 Å². The van der Waals surface area contributed by atoms with Gasteiger partial charge in [0.2, 0.25) is 0 Å². The van der Waals surface area contributed by atoms with Gasteiger partial charge in [-0.15, -0.1) is 0 Å². The van der Waals surface area contributed by atoms with Gasteiger partial charge in [-0.1, -0.05) is 26.0 Å². The first kappa shape index (κ1) is 27.6. The van der Waals surface area contributed by atoms with E-state index in [1.807, 2.05) is 6.92 Å². The van der Waals surface area contributed by atoms with Crippen LogP contribution in [0, 0.1) is 5.92 Å². The summed E-state index contributed by atoms with van der Waals surface area (Å²) >= 11 is 0. The molecule has 2 rings (SSSR count). The first-order valence-corrected chi connectivity index (χ1v) is 11.2. The maximum atomic E-state index is 12.5. The molecule has 190 valence electrons. The fourth-order valence-electron chi connectivity index (χ4n) is 3.05. The van der Waals surface area contributed by atoms with Gasteiger partial charge in [0.25, 0.3) is 11.8 Å². The molecule has 0 saturated carbocycles. The Bertz CT molecular complexity index is 965. The first-order valence-electron chi connectivity index (χ1n) is 11.2. The fraction of sp³-hybridized carbons (Fsp3) is 0.400. The largest absolute Gasteiger partial charge is 0.494 e. The van der Waals surface area contributed by atoms with Crippen molar-refractivity contribution in [1.29, 1.82) is 0 Å². The molecule has 0 aromatic heterocycles. The Morgan fingerprint density at radius 2 is 1.57 bits per heavy atom. The number of amides is 2. The van der Waals surface area contributed by atoms with E-state index in [0.29, 0.717) is 24.3 Å². The highest BCUT2D eigenvalue weighted by molar-refractivity contribution is 5.97. The summed E-state index contributed by atoms with van der Waals surface area (Å²) in [5.74, 6) is -1.26. The fourth-order valence-corrected chi connectivity index (χ4v) is 3.05. The Morgan fingerprint density at radius 3 is 2.14 bits per heavy atom. The molecule has 2 aromatic carbocycles. The molecule has 35 heavy (non-hydrogen) atoms. The van der Waals surface area contributed by atoms with Crippen LogP contribution in [0.25, 0.3) is 0 Å². The van der Waals surface area contributed by atoms with Crippen LogP contribution in [-0.4, -0.2) is 50.2 Å². The highest BCUT2D eigenvalue weighted by Crippen LogP contribution is 2.15. The third kappa shape index (κ3) is 9.60. The third-order valence-electron chi connectivity index (χ3n) is 4.86. The van der Waals surface area contributed by atoms with Crippen LogP contribution in [0.2, 0.25) is 0 Å². The van der Waals surface area contributed by atoms with Crippen molar-refractivity contribution >= 4 is 17.8 Å². The van der Waals surface area contributed by atoms with Crippen molar-refractivity contribution < 1.29 is 37.4 Å². The van der Waals surface area contributed by atoms with Gasteiger partial charge in [-0.2, -0.15) is 8.78 Å². The van der Waals surface area contributed by atoms with Gasteiger partial charge in [0.15, 0.2) is 6.61 Å². The van der Waals surface area contributed by atoms with E-state index in [2.05, 4.69) is 15.4 Å². The lowest BCUT2D eigenvalue weighted by Crippen LogP contribution is -2.46. The topological polar surface area (TPSA) is 103 Å². The molecule has 0 aliphatic carbocycles. The van der Waals surface area contributed by atoms with E-state index in [1.165, 1.54) is 12.1 Å². The monoisotopic (exact) mass is 492 g/mol. The van der Waals surface area contributed by atoms with Crippen LogP contribution in [0.5, 0.6) is 11.5 Å². The maximum Gasteiger partial charge on any atom is 0.387 e. The van der Waals surface area contributed by atoms with Crippen molar-refractivity contribution in [3.05, 3.63) is 59.7 Å². The number of ether oxygens (including phenoxy) is 3. The average Bonchev–Trinajstić information content (AvgIpc) is 2.82. The van der Waals surface area contributed by atoms with Crippen molar-refractivity contribution in [2.24, 2.45) is 5.92 Å². The molecule has 0 heterocycles. The predicted molar refractivity (Wildman–Crippen MR) is 124 cm³/mol. The smallest absolute Gasteiger partial charge is 0.387 e. The van der Waals surface area contributed by atoms with Crippen molar-refractivity contribution in [2.45, 2.75) is 39.8 Å². The lowest BCUT2D eigenvalue weighted by atomic mass is 10.0. The van der Waals surface area contributed by atoms with Gasteiger partial charge in [0, 0.05) is 12.1 Å². The van der Waals surface area contributed by atoms with Gasteiger partial charge in [-0.25, -0.2) is 4.79 Å². The van der Waals surface area contributed by atoms with Gasteiger partial charge in [-0.3, -0.25) is 9.59 Å². The third-order valence-corrected chi connectivity index (χ3v) is 4.86. The summed E-state index contributed by atoms with van der Waals surface area (Å²) in [7, 11) is 0. The van der Waals surface area contributed by atoms with Gasteiger partial charge in [0.1, 0.15) is 17.5 Å². The van der Waals surface area contributed by atoms with Crippen LogP contribution in [0.15, 0.2) is 48.5 Å². The molecule has 10 heteroatoms. The molecule has 1 atom stereocenters. The number of alkyl halides is 2. The minimum Gasteiger partial charge on any atom is -0.494 e. The quantitative estimate of drug-likeness (QED) is 0.416. The van der Waals surface area contributed by atoms with E-state index >= 15 is 0 Å². The van der Waals surface area contributed by atoms with Crippen LogP contribution in [0.1, 0.15) is 36.7 Å². The van der Waals surface area contributed by atoms with E-state index < -0.39 is 37.0 Å². The minimum atomic E-state index is -2.89. The van der Waals surface area contributed by atoms with Crippen LogP contribution in [-0.2, 0) is 20.7 Å². The van der Waals surface area contributed by atoms with Crippen LogP contribution in [0.3, 0.4) is 0 Å². The summed E-state index contributed by atoms with van der Waals surface area (Å²) in [6, 6.07) is 11.6. The van der Waals surface area contributed by atoms with Gasteiger partial charge < -0.3 is 24.8 Å². The highest BCUT2D eigenvalue weighted by atomic mass is 19.3. The zero-order valence-corrected chi connectivity index (χ0v) is 19.9. The van der Waals surface area contributed by atoms with E-state index in [1.54, 1.807) is 50.2 Å². The number of esters is 1. The molecule has 0 fully saturated rings. The predicted octanol–water partition coefficient (Wildman–Crippen LogP) is 3.34. The molecule has 0 unspecified atom stereocenters. The van der Waals surface area contributed by atoms with E-state index in [-0.39, 0.29) is 18.2 Å². The number of nitrogens with one attached hydrogen (secondary N) is 2. The number of benzene rings is 2. The van der Waals surface area contributed by atoms with E-state index in [9.17, 15) is 23.2 Å². The highest BCUT2D eigenvalue weighted by Gasteiger charge is 2.26. The standard InChI is InChI=1S/C25H30F2N2O6/c1-4-33-19-11-7-18(8-12-19)23(31)29-22(16(2)3)24(32)34-15-21(30)28-14-13-17-5-9-20(10-6-17)35-25(26)27/h5-12,16,22,25H,4,13-15H2,1-3H3,(H,28,30)(H,29,31)/t22-/m0/s1. The Labute approximate surface area is 202 Å². The number of hydrogen-bond acceptors (Lipinski definition) is 6. The number of rotatable bonds is 13. The summed E-state index contributed by atoms with van der Waals surface area (Å²) < 4.78 is 39.1. The molecule has 0 bridgehead atoms. The molecule has 2 N–H and O–H groups in total. The Balaban J connectivity index is 1.78. The average molecular weight is 493 g/mol. The van der Waals surface area contributed by atoms with Crippen molar-refractivity contribution in [1.82, 2.24) is 10.6 Å². The summed E-state index contributed by atoms with van der Waals surface area (Å²) in [6.45, 7) is 2.74. The summed E-state index contributed by atoms with van der Waals surface area (Å²) in [4.78, 5) is 37.1. The molecule has 2 aromatic rings. The second-order valence-corrected chi connectivity index (χ2v) is 7.88. The summed E-state index contributed by atoms with van der Waals surface area (Å²) in [5, 5.41) is 5.26. The summed E-state index contributed by atoms with van der Waals surface area (Å²) in [6.07, 6.45) is 0.446. The lowest BCUT2D eigenvalue weighted by molar-refractivity contribution is -0.151. The van der Waals surface area contributed by atoms with Gasteiger partial charge >= 0.3 is 12.6 Å². The number of carbonyl (C=O) groups excluding carboxylic acids is 3. The van der Waals surface area contributed by atoms with Crippen molar-refractivity contribution in [3.8, 4) is 11.5 Å². The van der Waals surface area contributed by atoms with Gasteiger partial charge in [-0.05, 0) is 61.2 Å². The Hall–Kier alpha value is -3.69. The zero-order chi connectivity index (χ0) is 25.8. The van der Waals surface area contributed by atoms with Gasteiger partial charge in [0.05, 0.1) is 6.61 Å². The molecular formula is C25H30F2N2O6. The lowest BCUT2D eigenvalue weighted by Gasteiger charge is -2.21. The Kier molecular flexibility index (Phi) is 10.9. The molecule has 0 spiro atoms. The van der Waals surface area contributed by atoms with Crippen LogP contribution < -0.4 is 20.1 Å². The number of hydrogen-bond donors (Lipinski definition) is 2.